The van der Waals surface area contributed by atoms with Crippen LogP contribution in [0.4, 0.5) is 0 Å². The predicted octanol–water partition coefficient (Wildman–Crippen LogP) is 3.18. The van der Waals surface area contributed by atoms with Gasteiger partial charge in [0, 0.05) is 20.0 Å². The number of amides is 1. The molecule has 2 aromatic carbocycles. The minimum absolute atomic E-state index is 0.0486. The molecule has 1 amide bonds. The van der Waals surface area contributed by atoms with Crippen LogP contribution in [0.25, 0.3) is 10.2 Å². The minimum atomic E-state index is -3.60. The number of carbonyl (C=O) groups excluding carboxylic acids is 1. The molecule has 0 fully saturated rings. The zero-order valence-electron chi connectivity index (χ0n) is 15.1. The summed E-state index contributed by atoms with van der Waals surface area (Å²) in [7, 11) is -1.89. The Labute approximate surface area is 162 Å². The van der Waals surface area contributed by atoms with Crippen LogP contribution in [0.1, 0.15) is 24.4 Å². The summed E-state index contributed by atoms with van der Waals surface area (Å²) >= 11 is 1.56. The van der Waals surface area contributed by atoms with Crippen LogP contribution in [0.15, 0.2) is 59.5 Å². The molecule has 0 spiro atoms. The Morgan fingerprint density at radius 3 is 2.52 bits per heavy atom. The number of thiazole rings is 1. The lowest BCUT2D eigenvalue weighted by atomic mass is 10.2. The van der Waals surface area contributed by atoms with Gasteiger partial charge in [0.2, 0.25) is 15.9 Å². The van der Waals surface area contributed by atoms with Gasteiger partial charge in [-0.1, -0.05) is 30.3 Å². The molecule has 0 aliphatic heterocycles. The predicted molar refractivity (Wildman–Crippen MR) is 107 cm³/mol. The van der Waals surface area contributed by atoms with Gasteiger partial charge in [0.1, 0.15) is 5.01 Å². The van der Waals surface area contributed by atoms with Crippen LogP contribution in [-0.4, -0.2) is 37.8 Å². The number of hydrogen-bond acceptors (Lipinski definition) is 5. The number of benzene rings is 2. The Kier molecular flexibility index (Phi) is 5.88. The van der Waals surface area contributed by atoms with Gasteiger partial charge >= 0.3 is 0 Å². The summed E-state index contributed by atoms with van der Waals surface area (Å²) in [5.41, 5.74) is 0.917. The van der Waals surface area contributed by atoms with E-state index in [1.165, 1.54) is 12.1 Å². The van der Waals surface area contributed by atoms with E-state index in [4.69, 9.17) is 0 Å². The van der Waals surface area contributed by atoms with Crippen LogP contribution in [-0.2, 0) is 14.8 Å². The molecule has 0 bridgehead atoms. The van der Waals surface area contributed by atoms with Gasteiger partial charge in [-0.25, -0.2) is 18.1 Å². The van der Waals surface area contributed by atoms with E-state index in [0.29, 0.717) is 0 Å². The van der Waals surface area contributed by atoms with E-state index in [9.17, 15) is 13.2 Å². The van der Waals surface area contributed by atoms with Gasteiger partial charge in [0.15, 0.2) is 0 Å². The average Bonchev–Trinajstić information content (AvgIpc) is 3.11. The number of para-hydroxylation sites is 1. The van der Waals surface area contributed by atoms with Crippen molar-refractivity contribution in [2.45, 2.75) is 24.3 Å². The van der Waals surface area contributed by atoms with Crippen LogP contribution >= 0.6 is 11.3 Å². The van der Waals surface area contributed by atoms with Crippen molar-refractivity contribution in [2.75, 3.05) is 13.6 Å². The number of fused-ring (bicyclic) bond motifs is 1. The Morgan fingerprint density at radius 2 is 1.81 bits per heavy atom. The van der Waals surface area contributed by atoms with Crippen molar-refractivity contribution in [3.63, 3.8) is 0 Å². The minimum Gasteiger partial charge on any atom is -0.337 e. The summed E-state index contributed by atoms with van der Waals surface area (Å²) in [5, 5.41) is 0.858. The Hall–Kier alpha value is -2.29. The molecule has 27 heavy (non-hydrogen) atoms. The third kappa shape index (κ3) is 4.52. The molecule has 3 rings (SSSR count). The largest absolute Gasteiger partial charge is 0.337 e. The number of nitrogens with one attached hydrogen (secondary N) is 1. The first kappa shape index (κ1) is 19.5. The number of carbonyl (C=O) groups is 1. The molecule has 8 heteroatoms. The smallest absolute Gasteiger partial charge is 0.240 e. The molecule has 0 unspecified atom stereocenters. The van der Waals surface area contributed by atoms with Gasteiger partial charge in [0.05, 0.1) is 21.2 Å². The van der Waals surface area contributed by atoms with E-state index in [-0.39, 0.29) is 29.8 Å². The third-order valence-electron chi connectivity index (χ3n) is 4.33. The second-order valence-electron chi connectivity index (χ2n) is 6.16. The van der Waals surface area contributed by atoms with Crippen LogP contribution in [0.2, 0.25) is 0 Å². The van der Waals surface area contributed by atoms with Crippen molar-refractivity contribution < 1.29 is 13.2 Å². The van der Waals surface area contributed by atoms with Crippen LogP contribution in [0.5, 0.6) is 0 Å². The Bertz CT molecular complexity index is 1000. The molecule has 0 saturated carbocycles. The lowest BCUT2D eigenvalue weighted by Gasteiger charge is -2.23. The quantitative estimate of drug-likeness (QED) is 0.657. The standard InChI is InChI=1S/C19H21N3O3S2/c1-14(19-21-16-10-6-7-11-17(16)26-19)22(2)18(23)12-13-20-27(24,25)15-8-4-3-5-9-15/h3-11,14,20H,12-13H2,1-2H3/t14-/m1/s1. The Morgan fingerprint density at radius 1 is 1.15 bits per heavy atom. The topological polar surface area (TPSA) is 79.4 Å². The summed E-state index contributed by atoms with van der Waals surface area (Å²) < 4.78 is 27.9. The van der Waals surface area contributed by atoms with E-state index in [1.807, 2.05) is 31.2 Å². The van der Waals surface area contributed by atoms with Crippen molar-refractivity contribution >= 4 is 37.5 Å². The van der Waals surface area contributed by atoms with E-state index in [1.54, 1.807) is 41.5 Å². The lowest BCUT2D eigenvalue weighted by Crippen LogP contribution is -2.33. The zero-order chi connectivity index (χ0) is 19.4. The molecule has 0 aliphatic rings. The van der Waals surface area contributed by atoms with Gasteiger partial charge in [-0.3, -0.25) is 4.79 Å². The fourth-order valence-electron chi connectivity index (χ4n) is 2.60. The van der Waals surface area contributed by atoms with Gasteiger partial charge in [-0.2, -0.15) is 0 Å². The monoisotopic (exact) mass is 403 g/mol. The van der Waals surface area contributed by atoms with E-state index in [2.05, 4.69) is 9.71 Å². The first-order valence-corrected chi connectivity index (χ1v) is 10.8. The highest BCUT2D eigenvalue weighted by Gasteiger charge is 2.21. The van der Waals surface area contributed by atoms with E-state index in [0.717, 1.165) is 15.2 Å². The second kappa shape index (κ2) is 8.16. The van der Waals surface area contributed by atoms with Gasteiger partial charge < -0.3 is 4.90 Å². The lowest BCUT2D eigenvalue weighted by molar-refractivity contribution is -0.131. The summed E-state index contributed by atoms with van der Waals surface area (Å²) in [6.45, 7) is 1.97. The first-order chi connectivity index (χ1) is 12.9. The molecular weight excluding hydrogens is 382 g/mol. The summed E-state index contributed by atoms with van der Waals surface area (Å²) in [6, 6.07) is 15.8. The molecule has 3 aromatic rings. The number of aromatic nitrogens is 1. The molecule has 0 aliphatic carbocycles. The number of hydrogen-bond donors (Lipinski definition) is 1. The maximum absolute atomic E-state index is 12.5. The Balaban J connectivity index is 1.59. The van der Waals surface area contributed by atoms with Crippen molar-refractivity contribution in [3.05, 3.63) is 59.6 Å². The normalized spacial score (nSPS) is 12.8. The molecule has 1 atom stereocenters. The van der Waals surface area contributed by atoms with Crippen molar-refractivity contribution in [1.29, 1.82) is 0 Å². The van der Waals surface area contributed by atoms with Crippen molar-refractivity contribution in [2.24, 2.45) is 0 Å². The zero-order valence-corrected chi connectivity index (χ0v) is 16.8. The molecule has 0 saturated heterocycles. The number of sulfonamides is 1. The van der Waals surface area contributed by atoms with Gasteiger partial charge in [0.25, 0.3) is 0 Å². The SMILES string of the molecule is C[C@H](c1nc2ccccc2s1)N(C)C(=O)CCNS(=O)(=O)c1ccccc1. The van der Waals surface area contributed by atoms with Crippen LogP contribution < -0.4 is 4.72 Å². The maximum atomic E-state index is 12.5. The molecule has 142 valence electrons. The maximum Gasteiger partial charge on any atom is 0.240 e. The third-order valence-corrected chi connectivity index (χ3v) is 7.01. The molecule has 1 heterocycles. The average molecular weight is 404 g/mol. The molecular formula is C19H21N3O3S2. The van der Waals surface area contributed by atoms with E-state index < -0.39 is 10.0 Å². The number of rotatable bonds is 7. The van der Waals surface area contributed by atoms with Gasteiger partial charge in [-0.15, -0.1) is 11.3 Å². The van der Waals surface area contributed by atoms with Crippen molar-refractivity contribution in [3.8, 4) is 0 Å². The summed E-state index contributed by atoms with van der Waals surface area (Å²) in [6.07, 6.45) is 0.0811. The molecule has 0 radical (unpaired) electrons. The van der Waals surface area contributed by atoms with Crippen molar-refractivity contribution in [1.82, 2.24) is 14.6 Å². The van der Waals surface area contributed by atoms with Crippen LogP contribution in [0, 0.1) is 0 Å². The number of nitrogens with zero attached hydrogens (tertiary/aromatic N) is 2. The highest BCUT2D eigenvalue weighted by atomic mass is 32.2. The molecule has 1 N–H and O–H groups in total. The highest BCUT2D eigenvalue weighted by Crippen LogP contribution is 2.28. The fourth-order valence-corrected chi connectivity index (χ4v) is 4.72. The van der Waals surface area contributed by atoms with E-state index >= 15 is 0 Å². The second-order valence-corrected chi connectivity index (χ2v) is 8.99. The molecule has 6 nitrogen and oxygen atoms in total. The summed E-state index contributed by atoms with van der Waals surface area (Å²) in [4.78, 5) is 18.8. The molecule has 1 aromatic heterocycles. The highest BCUT2D eigenvalue weighted by molar-refractivity contribution is 7.89. The first-order valence-electron chi connectivity index (χ1n) is 8.54. The van der Waals surface area contributed by atoms with Gasteiger partial charge in [-0.05, 0) is 31.2 Å². The van der Waals surface area contributed by atoms with Crippen LogP contribution in [0.3, 0.4) is 0 Å². The fraction of sp³-hybridized carbons (Fsp3) is 0.263. The summed E-state index contributed by atoms with van der Waals surface area (Å²) in [5.74, 6) is -0.141.